The van der Waals surface area contributed by atoms with Crippen LogP contribution < -0.4 is 23.7 Å². The van der Waals surface area contributed by atoms with Crippen LogP contribution in [0.4, 0.5) is 0 Å². The molecular formula is C27H22O9. The minimum Gasteiger partial charge on any atom is -0.504 e. The minimum absolute atomic E-state index is 0.0243. The van der Waals surface area contributed by atoms with E-state index < -0.39 is 11.9 Å². The maximum Gasteiger partial charge on any atom is 0.312 e. The predicted molar refractivity (Wildman–Crippen MR) is 127 cm³/mol. The zero-order chi connectivity index (χ0) is 25.6. The van der Waals surface area contributed by atoms with Gasteiger partial charge in [0.05, 0.1) is 33.3 Å². The molecule has 36 heavy (non-hydrogen) atoms. The van der Waals surface area contributed by atoms with Crippen LogP contribution in [-0.2, 0) is 4.79 Å². The van der Waals surface area contributed by atoms with Crippen LogP contribution >= 0.6 is 0 Å². The van der Waals surface area contributed by atoms with Crippen molar-refractivity contribution in [3.05, 3.63) is 70.5 Å². The molecule has 0 fully saturated rings. The lowest BCUT2D eigenvalue weighted by Crippen LogP contribution is -2.21. The summed E-state index contributed by atoms with van der Waals surface area (Å²) in [4.78, 5) is 25.6. The number of fused-ring (bicyclic) bond motifs is 3. The van der Waals surface area contributed by atoms with E-state index in [0.29, 0.717) is 28.0 Å². The molecule has 9 heteroatoms. The Labute approximate surface area is 206 Å². The summed E-state index contributed by atoms with van der Waals surface area (Å²) >= 11 is 0. The Morgan fingerprint density at radius 1 is 0.889 bits per heavy atom. The van der Waals surface area contributed by atoms with Gasteiger partial charge in [-0.1, -0.05) is 6.07 Å². The average Bonchev–Trinajstić information content (AvgIpc) is 3.18. The number of hydrogen-bond acceptors (Lipinski definition) is 9. The van der Waals surface area contributed by atoms with E-state index in [2.05, 4.69) is 0 Å². The zero-order valence-corrected chi connectivity index (χ0v) is 19.7. The number of ether oxygens (including phenoxy) is 5. The second-order valence-electron chi connectivity index (χ2n) is 8.23. The highest BCUT2D eigenvalue weighted by Crippen LogP contribution is 2.51. The third-order valence-corrected chi connectivity index (χ3v) is 6.18. The topological polar surface area (TPSA) is 121 Å². The standard InChI is InChI=1S/C27H22O9/c1-32-18-6-4-13(8-17(18)28)9-22-25(30)15-5-7-19-24(27(15)36-22)16(12-23(29)35-19)14-10-20(33-2)26(31)21(11-14)34-3/h4-11,16,28,31H,12H2,1-3H3/b22-9-/t16-/m0/s1. The molecular weight excluding hydrogens is 468 g/mol. The summed E-state index contributed by atoms with van der Waals surface area (Å²) in [5, 5.41) is 20.4. The number of ketones is 1. The number of allylic oxidation sites excluding steroid dienone is 1. The monoisotopic (exact) mass is 490 g/mol. The van der Waals surface area contributed by atoms with Crippen LogP contribution in [0.15, 0.2) is 48.2 Å². The number of rotatable bonds is 5. The van der Waals surface area contributed by atoms with Crippen LogP contribution in [0.1, 0.15) is 39.4 Å². The van der Waals surface area contributed by atoms with Crippen molar-refractivity contribution in [2.24, 2.45) is 0 Å². The lowest BCUT2D eigenvalue weighted by atomic mass is 9.84. The van der Waals surface area contributed by atoms with E-state index in [1.165, 1.54) is 33.5 Å². The Bertz CT molecular complexity index is 1410. The lowest BCUT2D eigenvalue weighted by Gasteiger charge is -2.27. The zero-order valence-electron chi connectivity index (χ0n) is 19.7. The summed E-state index contributed by atoms with van der Waals surface area (Å²) in [7, 11) is 4.27. The molecule has 0 saturated carbocycles. The molecule has 1 atom stereocenters. The fourth-order valence-corrected chi connectivity index (χ4v) is 4.45. The van der Waals surface area contributed by atoms with Crippen molar-refractivity contribution in [1.82, 2.24) is 0 Å². The Morgan fingerprint density at radius 2 is 1.58 bits per heavy atom. The van der Waals surface area contributed by atoms with Gasteiger partial charge in [-0.2, -0.15) is 0 Å². The summed E-state index contributed by atoms with van der Waals surface area (Å²) in [6.07, 6.45) is 1.49. The van der Waals surface area contributed by atoms with E-state index >= 15 is 0 Å². The van der Waals surface area contributed by atoms with Crippen molar-refractivity contribution in [3.8, 4) is 40.2 Å². The first kappa shape index (κ1) is 23.1. The number of carbonyl (C=O) groups excluding carboxylic acids is 2. The maximum atomic E-state index is 13.2. The molecule has 0 spiro atoms. The number of phenolic OH excluding ortho intramolecular Hbond substituents is 2. The second kappa shape index (κ2) is 8.84. The molecule has 2 aliphatic rings. The van der Waals surface area contributed by atoms with Gasteiger partial charge in [0.25, 0.3) is 0 Å². The number of Topliss-reactive ketones (excluding diaryl/α,β-unsaturated/α-hetero) is 1. The highest BCUT2D eigenvalue weighted by Gasteiger charge is 2.39. The number of esters is 1. The van der Waals surface area contributed by atoms with Gasteiger partial charge in [0.1, 0.15) is 11.5 Å². The second-order valence-corrected chi connectivity index (χ2v) is 8.23. The molecule has 0 bridgehead atoms. The molecule has 184 valence electrons. The first-order chi connectivity index (χ1) is 17.3. The van der Waals surface area contributed by atoms with Gasteiger partial charge in [-0.05, 0) is 53.6 Å². The third-order valence-electron chi connectivity index (χ3n) is 6.18. The highest BCUT2D eigenvalue weighted by atomic mass is 16.5. The third kappa shape index (κ3) is 3.74. The summed E-state index contributed by atoms with van der Waals surface area (Å²) in [6.45, 7) is 0. The molecule has 0 unspecified atom stereocenters. The minimum atomic E-state index is -0.559. The summed E-state index contributed by atoms with van der Waals surface area (Å²) in [5.74, 6) is -0.332. The van der Waals surface area contributed by atoms with Crippen molar-refractivity contribution in [2.45, 2.75) is 12.3 Å². The van der Waals surface area contributed by atoms with Crippen LogP contribution in [0.3, 0.4) is 0 Å². The van der Waals surface area contributed by atoms with E-state index in [0.717, 1.165) is 0 Å². The number of phenols is 2. The molecule has 3 aromatic carbocycles. The maximum absolute atomic E-state index is 13.2. The summed E-state index contributed by atoms with van der Waals surface area (Å²) in [5.41, 5.74) is 1.99. The number of aromatic hydroxyl groups is 2. The van der Waals surface area contributed by atoms with E-state index in [1.807, 2.05) is 0 Å². The Morgan fingerprint density at radius 3 is 2.22 bits per heavy atom. The summed E-state index contributed by atoms with van der Waals surface area (Å²) < 4.78 is 27.1. The van der Waals surface area contributed by atoms with E-state index in [1.54, 1.807) is 36.4 Å². The Kier molecular flexibility index (Phi) is 5.68. The number of carbonyl (C=O) groups is 2. The van der Waals surface area contributed by atoms with Crippen LogP contribution in [0.2, 0.25) is 0 Å². The van der Waals surface area contributed by atoms with Crippen molar-refractivity contribution >= 4 is 17.8 Å². The van der Waals surface area contributed by atoms with Crippen molar-refractivity contribution in [2.75, 3.05) is 21.3 Å². The number of hydrogen-bond donors (Lipinski definition) is 2. The van der Waals surface area contributed by atoms with Crippen LogP contribution in [-0.4, -0.2) is 43.3 Å². The molecule has 0 radical (unpaired) electrons. The van der Waals surface area contributed by atoms with Gasteiger partial charge in [-0.25, -0.2) is 0 Å². The highest BCUT2D eigenvalue weighted by molar-refractivity contribution is 6.15. The summed E-state index contributed by atoms with van der Waals surface area (Å²) in [6, 6.07) is 11.1. The molecule has 0 amide bonds. The van der Waals surface area contributed by atoms with E-state index in [4.69, 9.17) is 23.7 Å². The predicted octanol–water partition coefficient (Wildman–Crippen LogP) is 4.18. The van der Waals surface area contributed by atoms with Crippen molar-refractivity contribution in [1.29, 1.82) is 0 Å². The molecule has 9 nitrogen and oxygen atoms in total. The number of benzene rings is 3. The molecule has 2 aliphatic heterocycles. The van der Waals surface area contributed by atoms with Gasteiger partial charge < -0.3 is 33.9 Å². The molecule has 2 heterocycles. The molecule has 0 aliphatic carbocycles. The van der Waals surface area contributed by atoms with Crippen molar-refractivity contribution in [3.63, 3.8) is 0 Å². The lowest BCUT2D eigenvalue weighted by molar-refractivity contribution is -0.135. The fraction of sp³-hybridized carbons (Fsp3) is 0.185. The van der Waals surface area contributed by atoms with E-state index in [9.17, 15) is 19.8 Å². The fourth-order valence-electron chi connectivity index (χ4n) is 4.45. The van der Waals surface area contributed by atoms with Crippen LogP contribution in [0, 0.1) is 0 Å². The normalized spacial score (nSPS) is 17.2. The molecule has 0 aromatic heterocycles. The van der Waals surface area contributed by atoms with Gasteiger partial charge in [-0.3, -0.25) is 9.59 Å². The van der Waals surface area contributed by atoms with E-state index in [-0.39, 0.29) is 52.5 Å². The molecule has 5 rings (SSSR count). The SMILES string of the molecule is COc1ccc(/C=C2\Oc3c(ccc4c3[C@H](c3cc(OC)c(O)c(OC)c3)CC(=O)O4)C2=O)cc1O. The smallest absolute Gasteiger partial charge is 0.312 e. The van der Waals surface area contributed by atoms with Gasteiger partial charge in [0.15, 0.2) is 28.8 Å². The van der Waals surface area contributed by atoms with Gasteiger partial charge in [0, 0.05) is 11.5 Å². The van der Waals surface area contributed by atoms with Crippen LogP contribution in [0.25, 0.3) is 6.08 Å². The first-order valence-electron chi connectivity index (χ1n) is 11.0. The Hall–Kier alpha value is -4.66. The largest absolute Gasteiger partial charge is 0.504 e. The van der Waals surface area contributed by atoms with Gasteiger partial charge >= 0.3 is 5.97 Å². The van der Waals surface area contributed by atoms with Gasteiger partial charge in [0.2, 0.25) is 11.5 Å². The van der Waals surface area contributed by atoms with Crippen LogP contribution in [0.5, 0.6) is 40.2 Å². The van der Waals surface area contributed by atoms with Crippen molar-refractivity contribution < 1.29 is 43.5 Å². The molecule has 3 aromatic rings. The Balaban J connectivity index is 1.61. The quantitative estimate of drug-likeness (QED) is 0.308. The molecule has 2 N–H and O–H groups in total. The van der Waals surface area contributed by atoms with Gasteiger partial charge in [-0.15, -0.1) is 0 Å². The molecule has 0 saturated heterocycles. The average molecular weight is 490 g/mol. The first-order valence-corrected chi connectivity index (χ1v) is 11.0. The number of methoxy groups -OCH3 is 3.